The lowest BCUT2D eigenvalue weighted by Gasteiger charge is -2.19. The van der Waals surface area contributed by atoms with Crippen LogP contribution in [0.3, 0.4) is 0 Å². The van der Waals surface area contributed by atoms with E-state index >= 15 is 0 Å². The van der Waals surface area contributed by atoms with Crippen LogP contribution in [-0.2, 0) is 0 Å². The van der Waals surface area contributed by atoms with E-state index in [0.717, 1.165) is 0 Å². The van der Waals surface area contributed by atoms with Crippen molar-refractivity contribution in [3.8, 4) is 22.8 Å². The van der Waals surface area contributed by atoms with Crippen LogP contribution in [0, 0.1) is 5.82 Å². The second-order valence-corrected chi connectivity index (χ2v) is 5.27. The van der Waals surface area contributed by atoms with Crippen LogP contribution >= 0.6 is 0 Å². The van der Waals surface area contributed by atoms with Crippen LogP contribution < -0.4 is 15.0 Å². The van der Waals surface area contributed by atoms with E-state index in [9.17, 15) is 14.0 Å². The number of H-pyrrole nitrogens is 1. The van der Waals surface area contributed by atoms with Gasteiger partial charge in [-0.25, -0.2) is 9.18 Å². The molecule has 0 bridgehead atoms. The van der Waals surface area contributed by atoms with Crippen LogP contribution in [0.2, 0.25) is 0 Å². The molecule has 0 amide bonds. The Labute approximate surface area is 133 Å². The summed E-state index contributed by atoms with van der Waals surface area (Å²) in [7, 11) is 0. The molecule has 0 saturated carbocycles. The zero-order chi connectivity index (χ0) is 16.8. The van der Waals surface area contributed by atoms with Crippen molar-refractivity contribution in [2.75, 3.05) is 13.2 Å². The van der Waals surface area contributed by atoms with Crippen LogP contribution in [0.4, 0.5) is 4.39 Å². The number of halogens is 1. The summed E-state index contributed by atoms with van der Waals surface area (Å²) < 4.78 is 26.6. The number of aromatic amines is 1. The van der Waals surface area contributed by atoms with Gasteiger partial charge in [-0.2, -0.15) is 0 Å². The van der Waals surface area contributed by atoms with Gasteiger partial charge < -0.3 is 24.0 Å². The van der Waals surface area contributed by atoms with Crippen LogP contribution in [0.15, 0.2) is 35.4 Å². The molecular formula is C16H11FN2O5. The van der Waals surface area contributed by atoms with Gasteiger partial charge in [0.25, 0.3) is 5.56 Å². The Morgan fingerprint density at radius 1 is 1.25 bits per heavy atom. The average molecular weight is 330 g/mol. The third-order valence-electron chi connectivity index (χ3n) is 3.78. The molecule has 0 unspecified atom stereocenters. The smallest absolute Gasteiger partial charge is 0.337 e. The molecular weight excluding hydrogens is 319 g/mol. The topological polar surface area (TPSA) is 93.0 Å². The number of hydrogen-bond acceptors (Lipinski definition) is 4. The summed E-state index contributed by atoms with van der Waals surface area (Å²) in [4.78, 5) is 25.8. The number of nitrogens with zero attached hydrogens (tertiary/aromatic N) is 1. The van der Waals surface area contributed by atoms with E-state index < -0.39 is 17.3 Å². The highest BCUT2D eigenvalue weighted by Gasteiger charge is 2.21. The van der Waals surface area contributed by atoms with Crippen molar-refractivity contribution in [2.45, 2.75) is 0 Å². The van der Waals surface area contributed by atoms with E-state index in [1.165, 1.54) is 28.9 Å². The molecule has 0 fully saturated rings. The number of benzene rings is 1. The summed E-state index contributed by atoms with van der Waals surface area (Å²) in [5.41, 5.74) is -0.0537. The maximum atomic E-state index is 14.7. The molecule has 24 heavy (non-hydrogen) atoms. The lowest BCUT2D eigenvalue weighted by molar-refractivity contribution is 0.0697. The minimum Gasteiger partial charge on any atom is -0.486 e. The van der Waals surface area contributed by atoms with Crippen molar-refractivity contribution in [2.24, 2.45) is 0 Å². The van der Waals surface area contributed by atoms with Crippen molar-refractivity contribution in [1.82, 2.24) is 9.38 Å². The van der Waals surface area contributed by atoms with E-state index in [1.54, 1.807) is 6.07 Å². The van der Waals surface area contributed by atoms with E-state index in [2.05, 4.69) is 4.98 Å². The molecule has 7 nitrogen and oxygen atoms in total. The van der Waals surface area contributed by atoms with Gasteiger partial charge in [-0.1, -0.05) is 0 Å². The summed E-state index contributed by atoms with van der Waals surface area (Å²) >= 11 is 0. The molecule has 0 atom stereocenters. The van der Waals surface area contributed by atoms with Gasteiger partial charge in [0.05, 0.1) is 11.3 Å². The van der Waals surface area contributed by atoms with Gasteiger partial charge in [-0.3, -0.25) is 4.79 Å². The van der Waals surface area contributed by atoms with Crippen molar-refractivity contribution < 1.29 is 23.8 Å². The second-order valence-electron chi connectivity index (χ2n) is 5.27. The largest absolute Gasteiger partial charge is 0.486 e. The zero-order valence-corrected chi connectivity index (χ0v) is 12.2. The summed E-state index contributed by atoms with van der Waals surface area (Å²) in [5.74, 6) is -1.49. The van der Waals surface area contributed by atoms with Gasteiger partial charge in [0, 0.05) is 18.0 Å². The Kier molecular flexibility index (Phi) is 3.05. The number of aromatic nitrogens is 2. The van der Waals surface area contributed by atoms with Gasteiger partial charge in [-0.05, 0) is 18.2 Å². The molecule has 122 valence electrons. The van der Waals surface area contributed by atoms with Crippen LogP contribution in [0.25, 0.3) is 16.8 Å². The third-order valence-corrected chi connectivity index (χ3v) is 3.78. The minimum atomic E-state index is -1.15. The highest BCUT2D eigenvalue weighted by atomic mass is 19.1. The Morgan fingerprint density at radius 2 is 2.04 bits per heavy atom. The normalized spacial score (nSPS) is 13.2. The zero-order valence-electron chi connectivity index (χ0n) is 12.2. The molecule has 0 aliphatic carbocycles. The predicted molar refractivity (Wildman–Crippen MR) is 81.4 cm³/mol. The molecule has 0 radical (unpaired) electrons. The van der Waals surface area contributed by atoms with Gasteiger partial charge in [0.15, 0.2) is 17.3 Å². The number of aromatic carboxylic acids is 1. The Morgan fingerprint density at radius 3 is 2.83 bits per heavy atom. The number of carboxylic acid groups (broad SMARTS) is 1. The molecule has 3 aromatic rings. The standard InChI is InChI=1S/C16H11FN2O5/c17-13-9(1-2-12-14(13)24-4-3-23-12)10-7-19-6-8(16(21)22)5-11(19)15(20)18-10/h1-2,5-7H,3-4H2,(H,18,20)(H,21,22). The Balaban J connectivity index is 1.91. The van der Waals surface area contributed by atoms with Crippen LogP contribution in [0.5, 0.6) is 11.5 Å². The number of ether oxygens (including phenoxy) is 2. The Hall–Kier alpha value is -3.29. The van der Waals surface area contributed by atoms with E-state index in [-0.39, 0.29) is 34.7 Å². The molecule has 1 aliphatic heterocycles. The van der Waals surface area contributed by atoms with Gasteiger partial charge >= 0.3 is 5.97 Å². The van der Waals surface area contributed by atoms with E-state index in [1.807, 2.05) is 0 Å². The molecule has 2 aromatic heterocycles. The van der Waals surface area contributed by atoms with E-state index in [0.29, 0.717) is 12.4 Å². The monoisotopic (exact) mass is 330 g/mol. The number of rotatable bonds is 2. The van der Waals surface area contributed by atoms with Crippen LogP contribution in [-0.4, -0.2) is 33.7 Å². The Bertz CT molecular complexity index is 1040. The lowest BCUT2D eigenvalue weighted by Crippen LogP contribution is -2.17. The highest BCUT2D eigenvalue weighted by Crippen LogP contribution is 2.37. The quantitative estimate of drug-likeness (QED) is 0.749. The predicted octanol–water partition coefficient (Wildman–Crippen LogP) is 1.90. The number of hydrogen-bond donors (Lipinski definition) is 2. The van der Waals surface area contributed by atoms with Gasteiger partial charge in [0.2, 0.25) is 0 Å². The van der Waals surface area contributed by atoms with Crippen LogP contribution in [0.1, 0.15) is 10.4 Å². The van der Waals surface area contributed by atoms with Gasteiger partial charge in [0.1, 0.15) is 18.7 Å². The summed E-state index contributed by atoms with van der Waals surface area (Å²) in [6.07, 6.45) is 2.75. The fourth-order valence-electron chi connectivity index (χ4n) is 2.67. The van der Waals surface area contributed by atoms with Crippen molar-refractivity contribution in [3.05, 3.63) is 52.3 Å². The average Bonchev–Trinajstić information content (AvgIpc) is 3.00. The highest BCUT2D eigenvalue weighted by molar-refractivity contribution is 5.89. The number of fused-ring (bicyclic) bond motifs is 2. The first kappa shape index (κ1) is 14.3. The fraction of sp³-hybridized carbons (Fsp3) is 0.125. The minimum absolute atomic E-state index is 0.00146. The first-order valence-corrected chi connectivity index (χ1v) is 7.11. The molecule has 2 N–H and O–H groups in total. The molecule has 1 aliphatic rings. The lowest BCUT2D eigenvalue weighted by atomic mass is 10.1. The summed E-state index contributed by atoms with van der Waals surface area (Å²) in [5, 5.41) is 9.02. The number of nitrogens with one attached hydrogen (secondary N) is 1. The van der Waals surface area contributed by atoms with E-state index in [4.69, 9.17) is 14.6 Å². The van der Waals surface area contributed by atoms with Crippen molar-refractivity contribution in [1.29, 1.82) is 0 Å². The number of carboxylic acids is 1. The molecule has 8 heteroatoms. The van der Waals surface area contributed by atoms with Crippen molar-refractivity contribution >= 4 is 11.5 Å². The molecule has 3 heterocycles. The molecule has 1 aromatic carbocycles. The molecule has 0 saturated heterocycles. The molecule has 0 spiro atoms. The first-order valence-electron chi connectivity index (χ1n) is 7.11. The van der Waals surface area contributed by atoms with Gasteiger partial charge in [-0.15, -0.1) is 0 Å². The summed E-state index contributed by atoms with van der Waals surface area (Å²) in [6, 6.07) is 4.29. The van der Waals surface area contributed by atoms with Crippen molar-refractivity contribution in [3.63, 3.8) is 0 Å². The number of carbonyl (C=O) groups is 1. The fourth-order valence-corrected chi connectivity index (χ4v) is 2.67. The SMILES string of the molecule is O=C(O)c1cc2c(=O)[nH]c(-c3ccc4c(c3F)OCCO4)cn2c1. The molecule has 4 rings (SSSR count). The maximum absolute atomic E-state index is 14.7. The maximum Gasteiger partial charge on any atom is 0.337 e. The summed E-state index contributed by atoms with van der Waals surface area (Å²) in [6.45, 7) is 0.582. The second kappa shape index (κ2) is 5.12. The third kappa shape index (κ3) is 2.11. The first-order chi connectivity index (χ1) is 11.5.